The Morgan fingerprint density at radius 1 is 1.15 bits per heavy atom. The van der Waals surface area contributed by atoms with Gasteiger partial charge in [0.1, 0.15) is 23.8 Å². The van der Waals surface area contributed by atoms with E-state index in [0.29, 0.717) is 23.3 Å². The van der Waals surface area contributed by atoms with E-state index in [4.69, 9.17) is 16.3 Å². The molecule has 7 heteroatoms. The zero-order valence-corrected chi connectivity index (χ0v) is 15.2. The van der Waals surface area contributed by atoms with Crippen molar-refractivity contribution in [1.29, 1.82) is 0 Å². The van der Waals surface area contributed by atoms with E-state index < -0.39 is 0 Å². The molecule has 0 saturated heterocycles. The Morgan fingerprint density at radius 2 is 1.88 bits per heavy atom. The van der Waals surface area contributed by atoms with E-state index in [9.17, 15) is 0 Å². The van der Waals surface area contributed by atoms with Crippen LogP contribution in [0.15, 0.2) is 42.9 Å². The third kappa shape index (κ3) is 4.52. The van der Waals surface area contributed by atoms with Crippen LogP contribution in [0.5, 0.6) is 5.88 Å². The van der Waals surface area contributed by atoms with Crippen LogP contribution in [0.1, 0.15) is 25.6 Å². The maximum absolute atomic E-state index is 6.21. The molecule has 0 fully saturated rings. The molecule has 2 heterocycles. The molecule has 0 spiro atoms. The van der Waals surface area contributed by atoms with Gasteiger partial charge < -0.3 is 10.1 Å². The summed E-state index contributed by atoms with van der Waals surface area (Å²) in [4.78, 5) is 8.23. The molecule has 0 amide bonds. The standard InChI is InChI=1S/C18H20ClN5O.CH4/c1-12-4-6-15(7-5-12)24-16(8-9-22-24)25-10-13(2)23-18-17(19)14(3)20-11-21-18;/h4-9,11,13H,10H2,1-3H3,(H,20,21,23);1H4. The van der Waals surface area contributed by atoms with Gasteiger partial charge in [0.15, 0.2) is 0 Å². The molecule has 1 N–H and O–H groups in total. The summed E-state index contributed by atoms with van der Waals surface area (Å²) in [5, 5.41) is 8.10. The Morgan fingerprint density at radius 3 is 2.62 bits per heavy atom. The summed E-state index contributed by atoms with van der Waals surface area (Å²) < 4.78 is 7.69. The maximum atomic E-state index is 6.21. The van der Waals surface area contributed by atoms with Gasteiger partial charge in [-0.1, -0.05) is 36.7 Å². The van der Waals surface area contributed by atoms with Gasteiger partial charge in [-0.2, -0.15) is 5.10 Å². The van der Waals surface area contributed by atoms with Crippen molar-refractivity contribution in [3.05, 3.63) is 59.1 Å². The number of halogens is 1. The zero-order valence-electron chi connectivity index (χ0n) is 14.4. The van der Waals surface area contributed by atoms with E-state index in [1.54, 1.807) is 10.9 Å². The average molecular weight is 374 g/mol. The fraction of sp³-hybridized carbons (Fsp3) is 0.316. The van der Waals surface area contributed by atoms with Crippen molar-refractivity contribution in [1.82, 2.24) is 19.7 Å². The van der Waals surface area contributed by atoms with E-state index in [-0.39, 0.29) is 13.5 Å². The third-order valence-corrected chi connectivity index (χ3v) is 4.17. The molecule has 3 aromatic rings. The second-order valence-electron chi connectivity index (χ2n) is 5.89. The highest BCUT2D eigenvalue weighted by molar-refractivity contribution is 6.33. The summed E-state index contributed by atoms with van der Waals surface area (Å²) in [5.41, 5.74) is 2.90. The monoisotopic (exact) mass is 373 g/mol. The summed E-state index contributed by atoms with van der Waals surface area (Å²) in [6.07, 6.45) is 3.21. The van der Waals surface area contributed by atoms with E-state index in [0.717, 1.165) is 11.4 Å². The van der Waals surface area contributed by atoms with Crippen molar-refractivity contribution in [3.8, 4) is 11.6 Å². The first-order valence-corrected chi connectivity index (χ1v) is 8.40. The van der Waals surface area contributed by atoms with Crippen molar-refractivity contribution in [2.24, 2.45) is 0 Å². The Hall–Kier alpha value is -2.60. The van der Waals surface area contributed by atoms with Crippen molar-refractivity contribution < 1.29 is 4.74 Å². The highest BCUT2D eigenvalue weighted by Gasteiger charge is 2.12. The first-order valence-electron chi connectivity index (χ1n) is 8.02. The van der Waals surface area contributed by atoms with Crippen molar-refractivity contribution in [2.75, 3.05) is 11.9 Å². The minimum atomic E-state index is 0. The van der Waals surface area contributed by atoms with E-state index in [2.05, 4.69) is 27.3 Å². The van der Waals surface area contributed by atoms with Crippen molar-refractivity contribution in [3.63, 3.8) is 0 Å². The maximum Gasteiger partial charge on any atom is 0.216 e. The second kappa shape index (κ2) is 8.67. The van der Waals surface area contributed by atoms with Gasteiger partial charge in [-0.25, -0.2) is 14.6 Å². The van der Waals surface area contributed by atoms with E-state index in [1.165, 1.54) is 11.9 Å². The molecule has 0 radical (unpaired) electrons. The molecule has 3 rings (SSSR count). The first-order chi connectivity index (χ1) is 12.0. The smallest absolute Gasteiger partial charge is 0.216 e. The molecule has 0 aliphatic heterocycles. The van der Waals surface area contributed by atoms with Gasteiger partial charge in [-0.3, -0.25) is 0 Å². The molecule has 6 nitrogen and oxygen atoms in total. The number of anilines is 1. The minimum absolute atomic E-state index is 0. The Labute approximate surface area is 159 Å². The third-order valence-electron chi connectivity index (χ3n) is 3.71. The summed E-state index contributed by atoms with van der Waals surface area (Å²) in [6, 6.07) is 9.97. The summed E-state index contributed by atoms with van der Waals surface area (Å²) >= 11 is 6.21. The number of hydrogen-bond donors (Lipinski definition) is 1. The summed E-state index contributed by atoms with van der Waals surface area (Å²) in [7, 11) is 0. The van der Waals surface area contributed by atoms with E-state index >= 15 is 0 Å². The molecule has 0 saturated carbocycles. The molecule has 2 aromatic heterocycles. The molecule has 0 aliphatic carbocycles. The van der Waals surface area contributed by atoms with Gasteiger partial charge in [0.25, 0.3) is 0 Å². The van der Waals surface area contributed by atoms with Gasteiger partial charge in [-0.05, 0) is 32.9 Å². The number of rotatable bonds is 6. The fourth-order valence-electron chi connectivity index (χ4n) is 2.32. The number of nitrogens with zero attached hydrogens (tertiary/aromatic N) is 4. The van der Waals surface area contributed by atoms with Crippen LogP contribution in [-0.4, -0.2) is 32.4 Å². The largest absolute Gasteiger partial charge is 0.475 e. The first kappa shape index (κ1) is 19.7. The van der Waals surface area contributed by atoms with Crippen LogP contribution in [0.4, 0.5) is 5.82 Å². The molecule has 0 bridgehead atoms. The van der Waals surface area contributed by atoms with Crippen LogP contribution in [-0.2, 0) is 0 Å². The minimum Gasteiger partial charge on any atom is -0.475 e. The fourth-order valence-corrected chi connectivity index (χ4v) is 2.48. The Kier molecular flexibility index (Phi) is 6.58. The van der Waals surface area contributed by atoms with Gasteiger partial charge in [0.2, 0.25) is 5.88 Å². The van der Waals surface area contributed by atoms with Gasteiger partial charge in [-0.15, -0.1) is 0 Å². The lowest BCUT2D eigenvalue weighted by atomic mass is 10.2. The second-order valence-corrected chi connectivity index (χ2v) is 6.27. The van der Waals surface area contributed by atoms with Crippen LogP contribution in [0.2, 0.25) is 5.02 Å². The number of hydrogen-bond acceptors (Lipinski definition) is 5. The molecular formula is C19H24ClN5O. The van der Waals surface area contributed by atoms with E-state index in [1.807, 2.05) is 44.2 Å². The highest BCUT2D eigenvalue weighted by atomic mass is 35.5. The van der Waals surface area contributed by atoms with Crippen LogP contribution in [0, 0.1) is 13.8 Å². The number of nitrogens with one attached hydrogen (secondary N) is 1. The average Bonchev–Trinajstić information content (AvgIpc) is 3.06. The predicted octanol–water partition coefficient (Wildman–Crippen LogP) is 4.45. The highest BCUT2D eigenvalue weighted by Crippen LogP contribution is 2.22. The van der Waals surface area contributed by atoms with Gasteiger partial charge in [0.05, 0.1) is 23.6 Å². The molecule has 1 atom stereocenters. The lowest BCUT2D eigenvalue weighted by Gasteiger charge is -2.17. The van der Waals surface area contributed by atoms with Gasteiger partial charge >= 0.3 is 0 Å². The number of ether oxygens (including phenoxy) is 1. The van der Waals surface area contributed by atoms with Crippen LogP contribution in [0.25, 0.3) is 5.69 Å². The molecule has 26 heavy (non-hydrogen) atoms. The molecular weight excluding hydrogens is 350 g/mol. The van der Waals surface area contributed by atoms with Crippen LogP contribution in [0.3, 0.4) is 0 Å². The lowest BCUT2D eigenvalue weighted by molar-refractivity contribution is 0.284. The van der Waals surface area contributed by atoms with Crippen LogP contribution < -0.4 is 10.1 Å². The van der Waals surface area contributed by atoms with Crippen molar-refractivity contribution in [2.45, 2.75) is 34.2 Å². The molecule has 138 valence electrons. The zero-order chi connectivity index (χ0) is 17.8. The summed E-state index contributed by atoms with van der Waals surface area (Å²) in [6.45, 7) is 6.34. The predicted molar refractivity (Wildman–Crippen MR) is 105 cm³/mol. The number of aryl methyl sites for hydroxylation is 2. The van der Waals surface area contributed by atoms with Gasteiger partial charge in [0, 0.05) is 6.07 Å². The Bertz CT molecular complexity index is 847. The quantitative estimate of drug-likeness (QED) is 0.691. The lowest BCUT2D eigenvalue weighted by Crippen LogP contribution is -2.25. The number of aromatic nitrogens is 4. The number of benzene rings is 1. The SMILES string of the molecule is C.Cc1ccc(-n2nccc2OCC(C)Nc2ncnc(C)c2Cl)cc1. The summed E-state index contributed by atoms with van der Waals surface area (Å²) in [5.74, 6) is 1.29. The molecule has 1 aromatic carbocycles. The molecule has 1 unspecified atom stereocenters. The van der Waals surface area contributed by atoms with Crippen LogP contribution >= 0.6 is 11.6 Å². The van der Waals surface area contributed by atoms with Crippen molar-refractivity contribution >= 4 is 17.4 Å². The molecule has 0 aliphatic rings. The topological polar surface area (TPSA) is 64.9 Å². The Balaban J connectivity index is 0.00000243. The normalized spacial score (nSPS) is 11.5.